The van der Waals surface area contributed by atoms with E-state index in [9.17, 15) is 18.0 Å². The predicted molar refractivity (Wildman–Crippen MR) is 92.6 cm³/mol. The number of ketones is 1. The molecule has 24 heavy (non-hydrogen) atoms. The first-order valence-corrected chi connectivity index (χ1v) is 9.65. The predicted octanol–water partition coefficient (Wildman–Crippen LogP) is 1.50. The molecule has 2 aromatic rings. The first kappa shape index (κ1) is 18.3. The van der Waals surface area contributed by atoms with Gasteiger partial charge >= 0.3 is 0 Å². The van der Waals surface area contributed by atoms with Crippen molar-refractivity contribution in [2.45, 2.75) is 24.7 Å². The molecule has 0 aliphatic rings. The van der Waals surface area contributed by atoms with Crippen molar-refractivity contribution in [3.05, 3.63) is 51.7 Å². The topological polar surface area (TPSA) is 106 Å². The van der Waals surface area contributed by atoms with E-state index in [0.29, 0.717) is 17.8 Å². The second-order valence-electron chi connectivity index (χ2n) is 5.34. The number of hydrogen-bond donors (Lipinski definition) is 2. The average molecular weight is 366 g/mol. The molecule has 3 N–H and O–H groups in total. The zero-order valence-corrected chi connectivity index (χ0v) is 14.7. The molecule has 0 bridgehead atoms. The van der Waals surface area contributed by atoms with Crippen LogP contribution in [0.3, 0.4) is 0 Å². The highest BCUT2D eigenvalue weighted by Gasteiger charge is 2.09. The van der Waals surface area contributed by atoms with Gasteiger partial charge in [-0.15, -0.1) is 11.3 Å². The Balaban J connectivity index is 1.80. The fraction of sp³-hybridized carbons (Fsp3) is 0.250. The summed E-state index contributed by atoms with van der Waals surface area (Å²) in [4.78, 5) is 23.8. The Morgan fingerprint density at radius 2 is 1.83 bits per heavy atom. The summed E-state index contributed by atoms with van der Waals surface area (Å²) in [6.45, 7) is 1.94. The van der Waals surface area contributed by atoms with Gasteiger partial charge in [0.25, 0.3) is 0 Å². The van der Waals surface area contributed by atoms with E-state index in [4.69, 9.17) is 5.14 Å². The summed E-state index contributed by atoms with van der Waals surface area (Å²) in [5, 5.41) is 9.64. The van der Waals surface area contributed by atoms with Crippen LogP contribution in [0.2, 0.25) is 0 Å². The molecule has 0 radical (unpaired) electrons. The molecule has 6 nitrogen and oxygen atoms in total. The number of nitrogens with one attached hydrogen (secondary N) is 1. The molecule has 1 amide bonds. The summed E-state index contributed by atoms with van der Waals surface area (Å²) in [6.07, 6.45) is 0.813. The molecule has 2 rings (SSSR count). The summed E-state index contributed by atoms with van der Waals surface area (Å²) in [5.74, 6) is -0.126. The molecule has 1 aromatic heterocycles. The van der Waals surface area contributed by atoms with Crippen LogP contribution >= 0.6 is 11.3 Å². The molecule has 0 spiro atoms. The average Bonchev–Trinajstić information content (AvgIpc) is 2.95. The Hall–Kier alpha value is -2.03. The fourth-order valence-corrected chi connectivity index (χ4v) is 3.42. The van der Waals surface area contributed by atoms with Crippen molar-refractivity contribution in [3.63, 3.8) is 0 Å². The number of carbonyl (C=O) groups excluding carboxylic acids is 2. The summed E-state index contributed by atoms with van der Waals surface area (Å²) >= 11 is 1.33. The molecule has 0 aliphatic heterocycles. The van der Waals surface area contributed by atoms with Gasteiger partial charge in [0.2, 0.25) is 15.9 Å². The molecule has 128 valence electrons. The van der Waals surface area contributed by atoms with E-state index in [1.165, 1.54) is 30.4 Å². The van der Waals surface area contributed by atoms with E-state index in [0.717, 1.165) is 11.1 Å². The lowest BCUT2D eigenvalue weighted by molar-refractivity contribution is -0.120. The van der Waals surface area contributed by atoms with Crippen molar-refractivity contribution in [1.82, 2.24) is 5.32 Å². The van der Waals surface area contributed by atoms with E-state index in [1.807, 2.05) is 5.38 Å². The summed E-state index contributed by atoms with van der Waals surface area (Å²) < 4.78 is 22.3. The SMILES string of the molecule is CC(=O)c1cc(CC(=O)NCCc2ccc(S(N)(=O)=O)cc2)cs1. The molecule has 8 heteroatoms. The Morgan fingerprint density at radius 3 is 2.38 bits per heavy atom. The third-order valence-corrected chi connectivity index (χ3v) is 5.36. The summed E-state index contributed by atoms with van der Waals surface area (Å²) in [7, 11) is -3.69. The van der Waals surface area contributed by atoms with Crippen molar-refractivity contribution in [2.75, 3.05) is 6.54 Å². The van der Waals surface area contributed by atoms with Crippen LogP contribution < -0.4 is 10.5 Å². The van der Waals surface area contributed by atoms with Gasteiger partial charge in [-0.3, -0.25) is 9.59 Å². The van der Waals surface area contributed by atoms with Gasteiger partial charge in [0.05, 0.1) is 16.2 Å². The summed E-state index contributed by atoms with van der Waals surface area (Å²) in [6, 6.07) is 7.97. The van der Waals surface area contributed by atoms with Crippen molar-refractivity contribution < 1.29 is 18.0 Å². The quantitative estimate of drug-likeness (QED) is 0.724. The summed E-state index contributed by atoms with van der Waals surface area (Å²) in [5.41, 5.74) is 1.72. The highest BCUT2D eigenvalue weighted by Crippen LogP contribution is 2.15. The molecule has 1 heterocycles. The number of nitrogens with two attached hydrogens (primary N) is 1. The number of sulfonamides is 1. The molecule has 1 aromatic carbocycles. The molecule has 0 fully saturated rings. The number of primary sulfonamides is 1. The fourth-order valence-electron chi connectivity index (χ4n) is 2.09. The molecule has 0 atom stereocenters. The van der Waals surface area contributed by atoms with Gasteiger partial charge in [0.15, 0.2) is 5.78 Å². The van der Waals surface area contributed by atoms with E-state index >= 15 is 0 Å². The standard InChI is InChI=1S/C16H18N2O4S2/c1-11(19)15-8-13(10-23-15)9-16(20)18-7-6-12-2-4-14(5-3-12)24(17,21)22/h2-5,8,10H,6-7,9H2,1H3,(H,18,20)(H2,17,21,22). The maximum absolute atomic E-state index is 11.9. The lowest BCUT2D eigenvalue weighted by Gasteiger charge is -2.05. The lowest BCUT2D eigenvalue weighted by atomic mass is 10.1. The molecule has 0 unspecified atom stereocenters. The normalized spacial score (nSPS) is 11.2. The highest BCUT2D eigenvalue weighted by atomic mass is 32.2. The Bertz CT molecular complexity index is 839. The Labute approximate surface area is 144 Å². The number of hydrogen-bond acceptors (Lipinski definition) is 5. The van der Waals surface area contributed by atoms with Crippen LogP contribution in [-0.4, -0.2) is 26.7 Å². The van der Waals surface area contributed by atoms with Gasteiger partial charge in [0, 0.05) is 6.54 Å². The van der Waals surface area contributed by atoms with E-state index in [2.05, 4.69) is 5.32 Å². The Morgan fingerprint density at radius 1 is 1.17 bits per heavy atom. The third-order valence-electron chi connectivity index (χ3n) is 3.35. The largest absolute Gasteiger partial charge is 0.355 e. The minimum absolute atomic E-state index is 0.00500. The van der Waals surface area contributed by atoms with Crippen molar-refractivity contribution in [2.24, 2.45) is 5.14 Å². The number of Topliss-reactive ketones (excluding diaryl/α,β-unsaturated/α-hetero) is 1. The molecular weight excluding hydrogens is 348 g/mol. The van der Waals surface area contributed by atoms with Gasteiger partial charge < -0.3 is 5.32 Å². The minimum atomic E-state index is -3.69. The van der Waals surface area contributed by atoms with Crippen LogP contribution in [0, 0.1) is 0 Å². The van der Waals surface area contributed by atoms with Gasteiger partial charge in [-0.2, -0.15) is 0 Å². The minimum Gasteiger partial charge on any atom is -0.355 e. The first-order chi connectivity index (χ1) is 11.3. The maximum atomic E-state index is 11.9. The van der Waals surface area contributed by atoms with E-state index < -0.39 is 10.0 Å². The van der Waals surface area contributed by atoms with Crippen LogP contribution in [0.15, 0.2) is 40.6 Å². The van der Waals surface area contributed by atoms with Gasteiger partial charge in [0.1, 0.15) is 0 Å². The van der Waals surface area contributed by atoms with Crippen LogP contribution in [0.4, 0.5) is 0 Å². The molecule has 0 saturated heterocycles. The zero-order valence-electron chi connectivity index (χ0n) is 13.1. The van der Waals surface area contributed by atoms with Crippen molar-refractivity contribution in [3.8, 4) is 0 Å². The molecular formula is C16H18N2O4S2. The van der Waals surface area contributed by atoms with E-state index in [-0.39, 0.29) is 23.0 Å². The smallest absolute Gasteiger partial charge is 0.238 e. The van der Waals surface area contributed by atoms with E-state index in [1.54, 1.807) is 18.2 Å². The van der Waals surface area contributed by atoms with Crippen LogP contribution in [0.25, 0.3) is 0 Å². The number of amides is 1. The number of benzene rings is 1. The zero-order chi connectivity index (χ0) is 17.7. The molecule has 0 aliphatic carbocycles. The first-order valence-electron chi connectivity index (χ1n) is 7.22. The third kappa shape index (κ3) is 5.26. The monoisotopic (exact) mass is 366 g/mol. The lowest BCUT2D eigenvalue weighted by Crippen LogP contribution is -2.27. The number of carbonyl (C=O) groups is 2. The van der Waals surface area contributed by atoms with Crippen LogP contribution in [0.1, 0.15) is 27.7 Å². The second kappa shape index (κ2) is 7.69. The van der Waals surface area contributed by atoms with Crippen LogP contribution in [0.5, 0.6) is 0 Å². The molecule has 0 saturated carbocycles. The second-order valence-corrected chi connectivity index (χ2v) is 7.81. The van der Waals surface area contributed by atoms with Gasteiger partial charge in [-0.05, 0) is 48.1 Å². The van der Waals surface area contributed by atoms with Crippen molar-refractivity contribution >= 4 is 33.1 Å². The number of thiophene rings is 1. The highest BCUT2D eigenvalue weighted by molar-refractivity contribution is 7.89. The van der Waals surface area contributed by atoms with Crippen LogP contribution in [-0.2, 0) is 27.7 Å². The Kier molecular flexibility index (Phi) is 5.87. The maximum Gasteiger partial charge on any atom is 0.238 e. The van der Waals surface area contributed by atoms with Gasteiger partial charge in [-0.25, -0.2) is 13.6 Å². The number of rotatable bonds is 7. The van der Waals surface area contributed by atoms with Gasteiger partial charge in [-0.1, -0.05) is 12.1 Å². The van der Waals surface area contributed by atoms with Crippen molar-refractivity contribution in [1.29, 1.82) is 0 Å².